The Kier molecular flexibility index (Phi) is 9.39. The van der Waals surface area contributed by atoms with Crippen molar-refractivity contribution in [2.45, 2.75) is 45.7 Å². The van der Waals surface area contributed by atoms with Gasteiger partial charge in [-0.25, -0.2) is 9.48 Å². The summed E-state index contributed by atoms with van der Waals surface area (Å²) in [7, 11) is 1.51. The molecule has 0 fully saturated rings. The van der Waals surface area contributed by atoms with Crippen LogP contribution in [-0.4, -0.2) is 53.4 Å². The summed E-state index contributed by atoms with van der Waals surface area (Å²) >= 11 is 0. The molecule has 8 nitrogen and oxygen atoms in total. The summed E-state index contributed by atoms with van der Waals surface area (Å²) < 4.78 is 46.0. The van der Waals surface area contributed by atoms with Gasteiger partial charge in [0.15, 0.2) is 0 Å². The van der Waals surface area contributed by atoms with Gasteiger partial charge in [0.1, 0.15) is 12.4 Å². The number of nitrogens with one attached hydrogen (secondary N) is 2. The summed E-state index contributed by atoms with van der Waals surface area (Å²) in [6, 6.07) is 13.0. The zero-order chi connectivity index (χ0) is 28.8. The standard InChI is InChI=1S/C28H34F3N5O3/c1-19-10-6-7-13-22(19)36-24(17-23(34-36)27(2,3)4)33-25(37)18-35(14-9-15-39-5)26(38)32-21-12-8-11-20(16-21)28(29,30)31/h6-8,10-13,16-17H,9,14-15,18H2,1-5H3,(H,32,38)(H,33,37). The fraction of sp³-hybridized carbons (Fsp3) is 0.393. The summed E-state index contributed by atoms with van der Waals surface area (Å²) in [6.07, 6.45) is -4.13. The Hall–Kier alpha value is -3.86. The third-order valence-corrected chi connectivity index (χ3v) is 5.93. The summed E-state index contributed by atoms with van der Waals surface area (Å²) in [5.41, 5.74) is 1.31. The van der Waals surface area contributed by atoms with Crippen molar-refractivity contribution < 1.29 is 27.5 Å². The van der Waals surface area contributed by atoms with Crippen LogP contribution >= 0.6 is 0 Å². The molecular formula is C28H34F3N5O3. The molecule has 0 aliphatic rings. The summed E-state index contributed by atoms with van der Waals surface area (Å²) in [5.74, 6) is -0.0452. The van der Waals surface area contributed by atoms with E-state index in [0.29, 0.717) is 18.8 Å². The number of alkyl halides is 3. The Labute approximate surface area is 226 Å². The molecule has 2 N–H and O–H groups in total. The lowest BCUT2D eigenvalue weighted by Gasteiger charge is -2.23. The Bertz CT molecular complexity index is 1300. The molecule has 1 aromatic heterocycles. The minimum atomic E-state index is -4.55. The topological polar surface area (TPSA) is 88.5 Å². The monoisotopic (exact) mass is 545 g/mol. The second-order valence-electron chi connectivity index (χ2n) is 10.2. The number of para-hydroxylation sites is 1. The van der Waals surface area contributed by atoms with Crippen LogP contribution in [0.5, 0.6) is 0 Å². The van der Waals surface area contributed by atoms with Gasteiger partial charge >= 0.3 is 12.2 Å². The molecule has 0 radical (unpaired) electrons. The van der Waals surface area contributed by atoms with Crippen molar-refractivity contribution in [1.29, 1.82) is 0 Å². The number of methoxy groups -OCH3 is 1. The van der Waals surface area contributed by atoms with E-state index in [9.17, 15) is 22.8 Å². The highest BCUT2D eigenvalue weighted by atomic mass is 19.4. The van der Waals surface area contributed by atoms with E-state index in [1.165, 1.54) is 24.1 Å². The van der Waals surface area contributed by atoms with Crippen molar-refractivity contribution >= 4 is 23.4 Å². The zero-order valence-electron chi connectivity index (χ0n) is 22.7. The van der Waals surface area contributed by atoms with Gasteiger partial charge in [-0.1, -0.05) is 45.0 Å². The first-order valence-electron chi connectivity index (χ1n) is 12.5. The van der Waals surface area contributed by atoms with E-state index in [0.717, 1.165) is 29.1 Å². The molecule has 0 spiro atoms. The number of benzene rings is 2. The van der Waals surface area contributed by atoms with E-state index in [-0.39, 0.29) is 24.2 Å². The van der Waals surface area contributed by atoms with Crippen LogP contribution in [0.2, 0.25) is 0 Å². The minimum absolute atomic E-state index is 0.0283. The van der Waals surface area contributed by atoms with Crippen LogP contribution in [0.15, 0.2) is 54.6 Å². The van der Waals surface area contributed by atoms with Crippen LogP contribution in [0.4, 0.5) is 29.5 Å². The summed E-state index contributed by atoms with van der Waals surface area (Å²) in [6.45, 7) is 8.13. The van der Waals surface area contributed by atoms with Crippen molar-refractivity contribution in [3.8, 4) is 5.69 Å². The van der Waals surface area contributed by atoms with Gasteiger partial charge in [-0.2, -0.15) is 18.3 Å². The lowest BCUT2D eigenvalue weighted by atomic mass is 9.92. The predicted molar refractivity (Wildman–Crippen MR) is 144 cm³/mol. The fourth-order valence-electron chi connectivity index (χ4n) is 3.81. The largest absolute Gasteiger partial charge is 0.416 e. The van der Waals surface area contributed by atoms with E-state index in [1.807, 2.05) is 52.0 Å². The lowest BCUT2D eigenvalue weighted by Crippen LogP contribution is -2.41. The third kappa shape index (κ3) is 8.06. The Morgan fingerprint density at radius 3 is 2.38 bits per heavy atom. The van der Waals surface area contributed by atoms with E-state index in [4.69, 9.17) is 9.84 Å². The lowest BCUT2D eigenvalue weighted by molar-refractivity contribution is -0.137. The van der Waals surface area contributed by atoms with E-state index < -0.39 is 23.7 Å². The fourth-order valence-corrected chi connectivity index (χ4v) is 3.81. The molecule has 0 saturated carbocycles. The number of halogens is 3. The molecule has 39 heavy (non-hydrogen) atoms. The molecule has 210 valence electrons. The number of anilines is 2. The van der Waals surface area contributed by atoms with Gasteiger partial charge in [-0.05, 0) is 43.2 Å². The summed E-state index contributed by atoms with van der Waals surface area (Å²) in [4.78, 5) is 27.4. The number of aryl methyl sites for hydroxylation is 1. The first-order chi connectivity index (χ1) is 18.3. The molecule has 0 aliphatic carbocycles. The maximum atomic E-state index is 13.2. The number of amides is 3. The number of hydrogen-bond acceptors (Lipinski definition) is 4. The smallest absolute Gasteiger partial charge is 0.385 e. The van der Waals surface area contributed by atoms with Crippen molar-refractivity contribution in [2.75, 3.05) is 37.4 Å². The molecule has 0 saturated heterocycles. The average Bonchev–Trinajstić information content (AvgIpc) is 3.27. The maximum Gasteiger partial charge on any atom is 0.416 e. The molecule has 2 aromatic carbocycles. The van der Waals surface area contributed by atoms with Crippen LogP contribution in [0.25, 0.3) is 5.69 Å². The molecular weight excluding hydrogens is 511 g/mol. The van der Waals surface area contributed by atoms with E-state index in [1.54, 1.807) is 10.7 Å². The maximum absolute atomic E-state index is 13.2. The average molecular weight is 546 g/mol. The predicted octanol–water partition coefficient (Wildman–Crippen LogP) is 6.01. The van der Waals surface area contributed by atoms with Crippen molar-refractivity contribution in [3.63, 3.8) is 0 Å². The van der Waals surface area contributed by atoms with Gasteiger partial charge in [-0.15, -0.1) is 0 Å². The van der Waals surface area contributed by atoms with Crippen LogP contribution in [0, 0.1) is 6.92 Å². The molecule has 0 bridgehead atoms. The molecule has 0 unspecified atom stereocenters. The Morgan fingerprint density at radius 2 is 1.74 bits per heavy atom. The third-order valence-electron chi connectivity index (χ3n) is 5.93. The Balaban J connectivity index is 1.82. The molecule has 3 aromatic rings. The van der Waals surface area contributed by atoms with Gasteiger partial charge in [0, 0.05) is 37.4 Å². The van der Waals surface area contributed by atoms with Crippen LogP contribution in [0.3, 0.4) is 0 Å². The second-order valence-corrected chi connectivity index (χ2v) is 10.2. The number of ether oxygens (including phenoxy) is 1. The Morgan fingerprint density at radius 1 is 1.03 bits per heavy atom. The number of urea groups is 1. The first-order valence-corrected chi connectivity index (χ1v) is 12.5. The van der Waals surface area contributed by atoms with Crippen LogP contribution in [0.1, 0.15) is 44.0 Å². The molecule has 0 aliphatic heterocycles. The number of carbonyl (C=O) groups is 2. The molecule has 1 heterocycles. The number of aromatic nitrogens is 2. The molecule has 0 atom stereocenters. The van der Waals surface area contributed by atoms with Gasteiger partial charge in [0.25, 0.3) is 0 Å². The first kappa shape index (κ1) is 29.7. The summed E-state index contributed by atoms with van der Waals surface area (Å²) in [5, 5.41) is 10.1. The number of hydrogen-bond donors (Lipinski definition) is 2. The van der Waals surface area contributed by atoms with Gasteiger partial charge in [-0.3, -0.25) is 4.79 Å². The van der Waals surface area contributed by atoms with Gasteiger partial charge < -0.3 is 20.3 Å². The molecule has 3 amide bonds. The highest BCUT2D eigenvalue weighted by Gasteiger charge is 2.31. The van der Waals surface area contributed by atoms with Crippen molar-refractivity contribution in [1.82, 2.24) is 14.7 Å². The number of carbonyl (C=O) groups excluding carboxylic acids is 2. The normalized spacial score (nSPS) is 11.8. The number of nitrogens with zero attached hydrogens (tertiary/aromatic N) is 3. The highest BCUT2D eigenvalue weighted by Crippen LogP contribution is 2.31. The zero-order valence-corrected chi connectivity index (χ0v) is 22.7. The highest BCUT2D eigenvalue weighted by molar-refractivity contribution is 5.96. The van der Waals surface area contributed by atoms with Crippen LogP contribution in [-0.2, 0) is 21.1 Å². The minimum Gasteiger partial charge on any atom is -0.385 e. The van der Waals surface area contributed by atoms with Crippen molar-refractivity contribution in [3.05, 3.63) is 71.4 Å². The SMILES string of the molecule is COCCCN(CC(=O)Nc1cc(C(C)(C)C)nn1-c1ccccc1C)C(=O)Nc1cccc(C(F)(F)F)c1. The quantitative estimate of drug-likeness (QED) is 0.323. The van der Waals surface area contributed by atoms with E-state index >= 15 is 0 Å². The van der Waals surface area contributed by atoms with Crippen LogP contribution < -0.4 is 10.6 Å². The molecule has 3 rings (SSSR count). The van der Waals surface area contributed by atoms with E-state index in [2.05, 4.69) is 10.6 Å². The van der Waals surface area contributed by atoms with Gasteiger partial charge in [0.2, 0.25) is 5.91 Å². The number of rotatable bonds is 9. The second kappa shape index (κ2) is 12.3. The molecule has 11 heteroatoms. The van der Waals surface area contributed by atoms with Crippen molar-refractivity contribution in [2.24, 2.45) is 0 Å². The van der Waals surface area contributed by atoms with Gasteiger partial charge in [0.05, 0.1) is 16.9 Å².